The molecule has 0 unspecified atom stereocenters. The minimum Gasteiger partial charge on any atom is -0.456 e. The summed E-state index contributed by atoms with van der Waals surface area (Å²) in [6.07, 6.45) is 4.47. The van der Waals surface area contributed by atoms with Gasteiger partial charge in [0, 0.05) is 37.5 Å². The number of carbonyl (C=O) groups is 1. The largest absolute Gasteiger partial charge is 0.456 e. The average molecular weight is 275 g/mol. The summed E-state index contributed by atoms with van der Waals surface area (Å²) < 4.78 is 7.40. The first kappa shape index (κ1) is 14.4. The van der Waals surface area contributed by atoms with Gasteiger partial charge in [-0.25, -0.2) is 0 Å². The molecule has 5 nitrogen and oxygen atoms in total. The lowest BCUT2D eigenvalue weighted by atomic mass is 10.2. The van der Waals surface area contributed by atoms with Crippen molar-refractivity contribution >= 4 is 5.91 Å². The highest BCUT2D eigenvalue weighted by Crippen LogP contribution is 2.15. The van der Waals surface area contributed by atoms with E-state index in [9.17, 15) is 4.79 Å². The van der Waals surface area contributed by atoms with E-state index in [-0.39, 0.29) is 5.91 Å². The van der Waals surface area contributed by atoms with Crippen LogP contribution in [0.25, 0.3) is 0 Å². The molecule has 20 heavy (non-hydrogen) atoms. The number of aromatic nitrogens is 2. The number of aryl methyl sites for hydroxylation is 2. The predicted octanol–water partition coefficient (Wildman–Crippen LogP) is 2.41. The van der Waals surface area contributed by atoms with Crippen LogP contribution in [0.5, 0.6) is 0 Å². The number of rotatable bonds is 6. The summed E-state index contributed by atoms with van der Waals surface area (Å²) in [6, 6.07) is 3.81. The summed E-state index contributed by atoms with van der Waals surface area (Å²) >= 11 is 0. The zero-order valence-corrected chi connectivity index (χ0v) is 12.2. The van der Waals surface area contributed by atoms with Gasteiger partial charge in [-0.2, -0.15) is 5.10 Å². The normalized spacial score (nSPS) is 12.3. The van der Waals surface area contributed by atoms with Crippen LogP contribution in [-0.4, -0.2) is 22.2 Å². The van der Waals surface area contributed by atoms with Gasteiger partial charge < -0.3 is 9.73 Å². The fourth-order valence-corrected chi connectivity index (χ4v) is 2.09. The molecule has 1 amide bonds. The Balaban J connectivity index is 1.86. The van der Waals surface area contributed by atoms with Crippen molar-refractivity contribution in [2.24, 2.45) is 5.92 Å². The highest BCUT2D eigenvalue weighted by atomic mass is 16.4. The Morgan fingerprint density at radius 1 is 1.55 bits per heavy atom. The molecule has 0 aliphatic rings. The molecule has 0 aromatic carbocycles. The minimum atomic E-state index is -0.144. The van der Waals surface area contributed by atoms with Crippen molar-refractivity contribution in [3.8, 4) is 0 Å². The van der Waals surface area contributed by atoms with Gasteiger partial charge in [0.1, 0.15) is 5.76 Å². The molecule has 2 aromatic rings. The van der Waals surface area contributed by atoms with Crippen LogP contribution in [0.1, 0.15) is 35.7 Å². The second-order valence-corrected chi connectivity index (χ2v) is 5.12. The molecule has 108 valence electrons. The second kappa shape index (κ2) is 6.41. The topological polar surface area (TPSA) is 60.1 Å². The molecule has 0 aliphatic heterocycles. The smallest absolute Gasteiger partial charge is 0.287 e. The summed E-state index contributed by atoms with van der Waals surface area (Å²) in [7, 11) is 0. The highest BCUT2D eigenvalue weighted by Gasteiger charge is 2.15. The van der Waals surface area contributed by atoms with Crippen LogP contribution in [0.3, 0.4) is 0 Å². The molecule has 0 saturated heterocycles. The van der Waals surface area contributed by atoms with E-state index in [0.29, 0.717) is 18.2 Å². The van der Waals surface area contributed by atoms with Crippen LogP contribution in [0.2, 0.25) is 0 Å². The van der Waals surface area contributed by atoms with Gasteiger partial charge in [0.2, 0.25) is 0 Å². The SMILES string of the molecule is CCc1cc(C)c(C(=O)NC[C@H](C)Cn2cccn2)o1. The van der Waals surface area contributed by atoms with E-state index in [1.165, 1.54) is 0 Å². The number of furan rings is 1. The van der Waals surface area contributed by atoms with Crippen LogP contribution < -0.4 is 5.32 Å². The van der Waals surface area contributed by atoms with Gasteiger partial charge in [-0.3, -0.25) is 9.48 Å². The fraction of sp³-hybridized carbons (Fsp3) is 0.467. The van der Waals surface area contributed by atoms with Gasteiger partial charge in [-0.05, 0) is 25.0 Å². The highest BCUT2D eigenvalue weighted by molar-refractivity contribution is 5.92. The van der Waals surface area contributed by atoms with Crippen LogP contribution in [0.15, 0.2) is 28.9 Å². The van der Waals surface area contributed by atoms with E-state index in [2.05, 4.69) is 17.3 Å². The lowest BCUT2D eigenvalue weighted by molar-refractivity contribution is 0.0916. The third-order valence-corrected chi connectivity index (χ3v) is 3.19. The molecule has 0 spiro atoms. The number of carbonyl (C=O) groups excluding carboxylic acids is 1. The van der Waals surface area contributed by atoms with Gasteiger partial charge in [-0.15, -0.1) is 0 Å². The summed E-state index contributed by atoms with van der Waals surface area (Å²) in [5.41, 5.74) is 0.888. The van der Waals surface area contributed by atoms with Gasteiger partial charge in [-0.1, -0.05) is 13.8 Å². The van der Waals surface area contributed by atoms with Crippen molar-refractivity contribution in [1.29, 1.82) is 0 Å². The van der Waals surface area contributed by atoms with Crippen LogP contribution in [-0.2, 0) is 13.0 Å². The molecule has 5 heteroatoms. The van der Waals surface area contributed by atoms with Crippen molar-refractivity contribution in [2.75, 3.05) is 6.54 Å². The monoisotopic (exact) mass is 275 g/mol. The molecule has 0 saturated carbocycles. The zero-order chi connectivity index (χ0) is 14.5. The van der Waals surface area contributed by atoms with Crippen LogP contribution in [0, 0.1) is 12.8 Å². The Morgan fingerprint density at radius 3 is 2.95 bits per heavy atom. The molecule has 0 bridgehead atoms. The standard InChI is InChI=1S/C15H21N3O2/c1-4-13-8-12(3)14(20-13)15(19)16-9-11(2)10-18-7-5-6-17-18/h5-8,11H,4,9-10H2,1-3H3,(H,16,19)/t11-/m0/s1. The fourth-order valence-electron chi connectivity index (χ4n) is 2.09. The summed E-state index contributed by atoms with van der Waals surface area (Å²) in [5, 5.41) is 7.07. The number of nitrogens with one attached hydrogen (secondary N) is 1. The first-order chi connectivity index (χ1) is 9.60. The van der Waals surface area contributed by atoms with Gasteiger partial charge in [0.05, 0.1) is 0 Å². The maximum Gasteiger partial charge on any atom is 0.287 e. The summed E-state index contributed by atoms with van der Waals surface area (Å²) in [4.78, 5) is 12.1. The maximum atomic E-state index is 12.1. The molecule has 0 aliphatic carbocycles. The summed E-state index contributed by atoms with van der Waals surface area (Å²) in [6.45, 7) is 7.36. The first-order valence-corrected chi connectivity index (χ1v) is 6.95. The van der Waals surface area contributed by atoms with Crippen molar-refractivity contribution in [2.45, 2.75) is 33.7 Å². The van der Waals surface area contributed by atoms with E-state index in [1.54, 1.807) is 6.20 Å². The predicted molar refractivity (Wildman–Crippen MR) is 76.5 cm³/mol. The van der Waals surface area contributed by atoms with E-state index >= 15 is 0 Å². The van der Waals surface area contributed by atoms with Crippen molar-refractivity contribution in [3.63, 3.8) is 0 Å². The van der Waals surface area contributed by atoms with E-state index in [1.807, 2.05) is 36.9 Å². The molecule has 0 fully saturated rings. The van der Waals surface area contributed by atoms with Crippen molar-refractivity contribution < 1.29 is 9.21 Å². The molecule has 2 heterocycles. The number of nitrogens with zero attached hydrogens (tertiary/aromatic N) is 2. The van der Waals surface area contributed by atoms with Gasteiger partial charge >= 0.3 is 0 Å². The number of hydrogen-bond acceptors (Lipinski definition) is 3. The number of hydrogen-bond donors (Lipinski definition) is 1. The lowest BCUT2D eigenvalue weighted by Crippen LogP contribution is -2.30. The zero-order valence-electron chi connectivity index (χ0n) is 12.2. The Hall–Kier alpha value is -2.04. The third kappa shape index (κ3) is 3.50. The maximum absolute atomic E-state index is 12.1. The average Bonchev–Trinajstić information content (AvgIpc) is 3.05. The Kier molecular flexibility index (Phi) is 4.61. The molecule has 1 atom stereocenters. The van der Waals surface area contributed by atoms with Crippen LogP contribution >= 0.6 is 0 Å². The quantitative estimate of drug-likeness (QED) is 0.880. The molecule has 0 radical (unpaired) electrons. The molecule has 2 aromatic heterocycles. The Morgan fingerprint density at radius 2 is 2.35 bits per heavy atom. The van der Waals surface area contributed by atoms with Gasteiger partial charge in [0.25, 0.3) is 5.91 Å². The van der Waals surface area contributed by atoms with Gasteiger partial charge in [0.15, 0.2) is 5.76 Å². The van der Waals surface area contributed by atoms with Crippen LogP contribution in [0.4, 0.5) is 0 Å². The van der Waals surface area contributed by atoms with E-state index < -0.39 is 0 Å². The van der Waals surface area contributed by atoms with Crippen molar-refractivity contribution in [3.05, 3.63) is 41.6 Å². The lowest BCUT2D eigenvalue weighted by Gasteiger charge is -2.12. The van der Waals surface area contributed by atoms with E-state index in [4.69, 9.17) is 4.42 Å². The molecule has 1 N–H and O–H groups in total. The Bertz CT molecular complexity index is 558. The minimum absolute atomic E-state index is 0.144. The Labute approximate surface area is 119 Å². The first-order valence-electron chi connectivity index (χ1n) is 6.95. The molecular formula is C15H21N3O2. The van der Waals surface area contributed by atoms with Crippen molar-refractivity contribution in [1.82, 2.24) is 15.1 Å². The molecular weight excluding hydrogens is 254 g/mol. The second-order valence-electron chi connectivity index (χ2n) is 5.12. The number of amides is 1. The van der Waals surface area contributed by atoms with E-state index in [0.717, 1.165) is 24.3 Å². The molecule has 2 rings (SSSR count). The third-order valence-electron chi connectivity index (χ3n) is 3.19. The summed E-state index contributed by atoms with van der Waals surface area (Å²) in [5.74, 6) is 1.43.